The highest BCUT2D eigenvalue weighted by molar-refractivity contribution is 7.09. The van der Waals surface area contributed by atoms with Crippen molar-refractivity contribution in [2.24, 2.45) is 0 Å². The van der Waals surface area contributed by atoms with Crippen LogP contribution in [0.15, 0.2) is 35.7 Å². The zero-order valence-corrected chi connectivity index (χ0v) is 13.9. The first-order chi connectivity index (χ1) is 10.2. The molecule has 0 saturated carbocycles. The second-order valence-electron chi connectivity index (χ2n) is 5.23. The Bertz CT molecular complexity index is 630. The lowest BCUT2D eigenvalue weighted by atomic mass is 10.00. The monoisotopic (exact) mass is 337 g/mol. The van der Waals surface area contributed by atoms with Gasteiger partial charge in [0, 0.05) is 22.8 Å². The van der Waals surface area contributed by atoms with Crippen LogP contribution in [0.25, 0.3) is 0 Å². The van der Waals surface area contributed by atoms with E-state index in [1.807, 2.05) is 29.6 Å². The van der Waals surface area contributed by atoms with E-state index < -0.39 is 0 Å². The van der Waals surface area contributed by atoms with E-state index in [2.05, 4.69) is 16.3 Å². The SMILES string of the molecule is Cl.Nc1cccc2c1CCCN2CC(=O)NCc1cccs1. The standard InChI is InChI=1S/C16H19N3OS.ClH/c17-14-6-1-7-15-13(14)5-2-8-19(15)11-16(20)18-10-12-4-3-9-21-12;/h1,3-4,6-7,9H,2,5,8,10-11,17H2,(H,18,20);1H. The lowest BCUT2D eigenvalue weighted by Crippen LogP contribution is -2.39. The predicted octanol–water partition coefficient (Wildman–Crippen LogP) is 2.82. The number of rotatable bonds is 4. The zero-order valence-electron chi connectivity index (χ0n) is 12.2. The quantitative estimate of drug-likeness (QED) is 0.843. The molecule has 0 radical (unpaired) electrons. The normalized spacial score (nSPS) is 13.2. The fraction of sp³-hybridized carbons (Fsp3) is 0.312. The molecular weight excluding hydrogens is 318 g/mol. The summed E-state index contributed by atoms with van der Waals surface area (Å²) in [4.78, 5) is 15.4. The highest BCUT2D eigenvalue weighted by Gasteiger charge is 2.20. The number of carbonyl (C=O) groups excluding carboxylic acids is 1. The van der Waals surface area contributed by atoms with Crippen molar-refractivity contribution in [1.82, 2.24) is 5.32 Å². The highest BCUT2D eigenvalue weighted by Crippen LogP contribution is 2.30. The molecule has 0 spiro atoms. The van der Waals surface area contributed by atoms with Gasteiger partial charge in [-0.05, 0) is 42.0 Å². The fourth-order valence-corrected chi connectivity index (χ4v) is 3.36. The number of amides is 1. The predicted molar refractivity (Wildman–Crippen MR) is 94.8 cm³/mol. The van der Waals surface area contributed by atoms with E-state index >= 15 is 0 Å². The number of nitrogens with two attached hydrogens (primary N) is 1. The van der Waals surface area contributed by atoms with Crippen molar-refractivity contribution in [1.29, 1.82) is 0 Å². The molecule has 22 heavy (non-hydrogen) atoms. The summed E-state index contributed by atoms with van der Waals surface area (Å²) in [5.74, 6) is 0.0543. The van der Waals surface area contributed by atoms with E-state index in [9.17, 15) is 4.79 Å². The van der Waals surface area contributed by atoms with Crippen molar-refractivity contribution >= 4 is 41.0 Å². The molecule has 1 amide bonds. The third-order valence-corrected chi connectivity index (χ3v) is 4.63. The number of nitrogens with one attached hydrogen (secondary N) is 1. The molecular formula is C16H20ClN3OS. The molecule has 1 aromatic carbocycles. The van der Waals surface area contributed by atoms with Gasteiger partial charge in [-0.1, -0.05) is 12.1 Å². The van der Waals surface area contributed by atoms with E-state index in [4.69, 9.17) is 5.73 Å². The van der Waals surface area contributed by atoms with E-state index in [0.717, 1.165) is 30.8 Å². The van der Waals surface area contributed by atoms with Crippen LogP contribution in [0.2, 0.25) is 0 Å². The Morgan fingerprint density at radius 3 is 2.95 bits per heavy atom. The molecule has 0 aliphatic carbocycles. The number of hydrogen-bond donors (Lipinski definition) is 2. The summed E-state index contributed by atoms with van der Waals surface area (Å²) in [7, 11) is 0. The van der Waals surface area contributed by atoms with Gasteiger partial charge in [0.15, 0.2) is 0 Å². The average molecular weight is 338 g/mol. The maximum absolute atomic E-state index is 12.1. The van der Waals surface area contributed by atoms with Crippen molar-refractivity contribution in [3.8, 4) is 0 Å². The van der Waals surface area contributed by atoms with Gasteiger partial charge in [0.05, 0.1) is 13.1 Å². The molecule has 6 heteroatoms. The second kappa shape index (κ2) is 7.51. The van der Waals surface area contributed by atoms with Crippen LogP contribution in [0, 0.1) is 0 Å². The second-order valence-corrected chi connectivity index (χ2v) is 6.26. The van der Waals surface area contributed by atoms with E-state index in [0.29, 0.717) is 13.1 Å². The third kappa shape index (κ3) is 3.72. The van der Waals surface area contributed by atoms with Gasteiger partial charge in [-0.3, -0.25) is 4.79 Å². The molecule has 3 N–H and O–H groups in total. The minimum absolute atomic E-state index is 0. The Balaban J connectivity index is 0.00000176. The van der Waals surface area contributed by atoms with Crippen LogP contribution in [0.3, 0.4) is 0 Å². The number of carbonyl (C=O) groups is 1. The first-order valence-electron chi connectivity index (χ1n) is 7.15. The van der Waals surface area contributed by atoms with Crippen LogP contribution in [0.4, 0.5) is 11.4 Å². The van der Waals surface area contributed by atoms with Crippen LogP contribution in [0.5, 0.6) is 0 Å². The molecule has 0 unspecified atom stereocenters. The smallest absolute Gasteiger partial charge is 0.239 e. The molecule has 0 atom stereocenters. The summed E-state index contributed by atoms with van der Waals surface area (Å²) in [6.45, 7) is 1.90. The molecule has 0 saturated heterocycles. The number of benzene rings is 1. The third-order valence-electron chi connectivity index (χ3n) is 3.76. The number of hydrogen-bond acceptors (Lipinski definition) is 4. The summed E-state index contributed by atoms with van der Waals surface area (Å²) in [5.41, 5.74) is 9.14. The first kappa shape index (κ1) is 16.6. The number of halogens is 1. The molecule has 0 fully saturated rings. The maximum Gasteiger partial charge on any atom is 0.239 e. The van der Waals surface area contributed by atoms with Crippen LogP contribution in [0.1, 0.15) is 16.9 Å². The molecule has 1 aliphatic heterocycles. The zero-order chi connectivity index (χ0) is 14.7. The van der Waals surface area contributed by atoms with Crippen LogP contribution in [-0.4, -0.2) is 19.0 Å². The number of nitrogen functional groups attached to an aromatic ring is 1. The molecule has 0 bridgehead atoms. The molecule has 1 aromatic heterocycles. The fourth-order valence-electron chi connectivity index (χ4n) is 2.72. The molecule has 2 aromatic rings. The molecule has 118 valence electrons. The van der Waals surface area contributed by atoms with E-state index in [1.54, 1.807) is 11.3 Å². The average Bonchev–Trinajstić information content (AvgIpc) is 3.00. The van der Waals surface area contributed by atoms with Gasteiger partial charge in [0.2, 0.25) is 5.91 Å². The number of fused-ring (bicyclic) bond motifs is 1. The molecule has 4 nitrogen and oxygen atoms in total. The van der Waals surface area contributed by atoms with Gasteiger partial charge in [-0.25, -0.2) is 0 Å². The molecule has 1 aliphatic rings. The first-order valence-corrected chi connectivity index (χ1v) is 8.03. The maximum atomic E-state index is 12.1. The Labute approximate surface area is 140 Å². The van der Waals surface area contributed by atoms with Crippen LogP contribution >= 0.6 is 23.7 Å². The number of thiophene rings is 1. The highest BCUT2D eigenvalue weighted by atomic mass is 35.5. The van der Waals surface area contributed by atoms with Crippen molar-refractivity contribution in [2.75, 3.05) is 23.7 Å². The van der Waals surface area contributed by atoms with E-state index in [-0.39, 0.29) is 18.3 Å². The number of nitrogens with zero attached hydrogens (tertiary/aromatic N) is 1. The minimum atomic E-state index is 0. The summed E-state index contributed by atoms with van der Waals surface area (Å²) in [6.07, 6.45) is 2.04. The number of anilines is 2. The molecule has 3 rings (SSSR count). The van der Waals surface area contributed by atoms with Gasteiger partial charge < -0.3 is 16.0 Å². The van der Waals surface area contributed by atoms with Crippen molar-refractivity contribution < 1.29 is 4.79 Å². The van der Waals surface area contributed by atoms with Crippen LogP contribution < -0.4 is 16.0 Å². The van der Waals surface area contributed by atoms with Gasteiger partial charge >= 0.3 is 0 Å². The summed E-state index contributed by atoms with van der Waals surface area (Å²) < 4.78 is 0. The van der Waals surface area contributed by atoms with Crippen molar-refractivity contribution in [2.45, 2.75) is 19.4 Å². The Kier molecular flexibility index (Phi) is 5.69. The minimum Gasteiger partial charge on any atom is -0.398 e. The van der Waals surface area contributed by atoms with Gasteiger partial charge in [-0.15, -0.1) is 23.7 Å². The van der Waals surface area contributed by atoms with Gasteiger partial charge in [0.1, 0.15) is 0 Å². The van der Waals surface area contributed by atoms with Crippen LogP contribution in [-0.2, 0) is 17.8 Å². The Morgan fingerprint density at radius 2 is 2.18 bits per heavy atom. The van der Waals surface area contributed by atoms with Crippen molar-refractivity contribution in [3.63, 3.8) is 0 Å². The van der Waals surface area contributed by atoms with Crippen molar-refractivity contribution in [3.05, 3.63) is 46.2 Å². The van der Waals surface area contributed by atoms with E-state index in [1.165, 1.54) is 10.4 Å². The Hall–Kier alpha value is -1.72. The summed E-state index contributed by atoms with van der Waals surface area (Å²) in [6, 6.07) is 9.96. The lowest BCUT2D eigenvalue weighted by molar-refractivity contribution is -0.119. The lowest BCUT2D eigenvalue weighted by Gasteiger charge is -2.31. The Morgan fingerprint density at radius 1 is 1.32 bits per heavy atom. The molecule has 2 heterocycles. The van der Waals surface area contributed by atoms with Gasteiger partial charge in [-0.2, -0.15) is 0 Å². The summed E-state index contributed by atoms with van der Waals surface area (Å²) in [5, 5.41) is 5.00. The largest absolute Gasteiger partial charge is 0.398 e. The van der Waals surface area contributed by atoms with Gasteiger partial charge in [0.25, 0.3) is 0 Å². The summed E-state index contributed by atoms with van der Waals surface area (Å²) >= 11 is 1.66. The topological polar surface area (TPSA) is 58.4 Å².